The van der Waals surface area contributed by atoms with Crippen molar-refractivity contribution in [2.24, 2.45) is 0 Å². The third-order valence-corrected chi connectivity index (χ3v) is 4.00. The van der Waals surface area contributed by atoms with Gasteiger partial charge < -0.3 is 10.5 Å². The molecule has 0 unspecified atom stereocenters. The van der Waals surface area contributed by atoms with E-state index < -0.39 is 11.8 Å². The van der Waals surface area contributed by atoms with Crippen LogP contribution in [0.1, 0.15) is 32.8 Å². The van der Waals surface area contributed by atoms with Crippen molar-refractivity contribution in [1.82, 2.24) is 9.97 Å². The fourth-order valence-corrected chi connectivity index (χ4v) is 2.76. The highest BCUT2D eigenvalue weighted by molar-refractivity contribution is 6.06. The molecule has 1 aromatic heterocycles. The summed E-state index contributed by atoms with van der Waals surface area (Å²) in [4.78, 5) is 32.3. The Labute approximate surface area is 148 Å². The molecule has 0 radical (unpaired) electrons. The fourth-order valence-electron chi connectivity index (χ4n) is 2.76. The van der Waals surface area contributed by atoms with Crippen molar-refractivity contribution in [2.75, 3.05) is 12.8 Å². The maximum absolute atomic E-state index is 13.9. The number of para-hydroxylation sites is 1. The number of methoxy groups -OCH3 is 1. The van der Waals surface area contributed by atoms with Crippen molar-refractivity contribution in [3.8, 4) is 0 Å². The lowest BCUT2D eigenvalue weighted by atomic mass is 9.99. The van der Waals surface area contributed by atoms with Crippen LogP contribution in [-0.4, -0.2) is 28.8 Å². The molecule has 0 fully saturated rings. The van der Waals surface area contributed by atoms with E-state index in [0.29, 0.717) is 22.9 Å². The smallest absolute Gasteiger partial charge is 0.338 e. The summed E-state index contributed by atoms with van der Waals surface area (Å²) < 4.78 is 18.7. The van der Waals surface area contributed by atoms with Gasteiger partial charge in [0.1, 0.15) is 17.0 Å². The lowest BCUT2D eigenvalue weighted by molar-refractivity contribution is 0.0599. The van der Waals surface area contributed by atoms with Gasteiger partial charge in [-0.2, -0.15) is 0 Å². The van der Waals surface area contributed by atoms with Gasteiger partial charge in [-0.05, 0) is 24.1 Å². The normalized spacial score (nSPS) is 10.7. The van der Waals surface area contributed by atoms with Crippen molar-refractivity contribution in [3.05, 3.63) is 65.1 Å². The number of carbonyl (C=O) groups excluding carboxylic acids is 2. The Morgan fingerprint density at radius 2 is 1.88 bits per heavy atom. The molecule has 1 heterocycles. The van der Waals surface area contributed by atoms with E-state index >= 15 is 0 Å². The second kappa shape index (κ2) is 7.26. The Balaban J connectivity index is 1.90. The van der Waals surface area contributed by atoms with E-state index in [9.17, 15) is 14.0 Å². The van der Waals surface area contributed by atoms with Crippen LogP contribution in [0.15, 0.2) is 42.5 Å². The zero-order valence-electron chi connectivity index (χ0n) is 14.0. The molecule has 0 atom stereocenters. The van der Waals surface area contributed by atoms with E-state index in [1.54, 1.807) is 30.3 Å². The lowest BCUT2D eigenvalue weighted by Crippen LogP contribution is -2.11. The average molecular weight is 353 g/mol. The minimum atomic E-state index is -0.568. The van der Waals surface area contributed by atoms with Gasteiger partial charge in [-0.3, -0.25) is 4.79 Å². The topological polar surface area (TPSA) is 95.2 Å². The third-order valence-electron chi connectivity index (χ3n) is 4.00. The molecule has 2 aromatic carbocycles. The van der Waals surface area contributed by atoms with E-state index in [-0.39, 0.29) is 29.4 Å². The molecule has 0 aliphatic heterocycles. The van der Waals surface area contributed by atoms with Crippen molar-refractivity contribution in [1.29, 1.82) is 0 Å². The van der Waals surface area contributed by atoms with Crippen LogP contribution in [-0.2, 0) is 11.2 Å². The molecule has 6 nitrogen and oxygen atoms in total. The van der Waals surface area contributed by atoms with Gasteiger partial charge in [0.2, 0.25) is 5.95 Å². The van der Waals surface area contributed by atoms with Gasteiger partial charge in [0, 0.05) is 11.8 Å². The number of anilines is 1. The minimum Gasteiger partial charge on any atom is -0.465 e. The first-order chi connectivity index (χ1) is 12.5. The highest BCUT2D eigenvalue weighted by atomic mass is 19.1. The highest BCUT2D eigenvalue weighted by Gasteiger charge is 2.18. The number of hydrogen-bond acceptors (Lipinski definition) is 6. The lowest BCUT2D eigenvalue weighted by Gasteiger charge is -2.09. The van der Waals surface area contributed by atoms with Gasteiger partial charge in [-0.25, -0.2) is 19.2 Å². The van der Waals surface area contributed by atoms with Crippen LogP contribution in [0.3, 0.4) is 0 Å². The largest absolute Gasteiger partial charge is 0.465 e. The van der Waals surface area contributed by atoms with Gasteiger partial charge in [-0.15, -0.1) is 0 Å². The van der Waals surface area contributed by atoms with E-state index in [2.05, 4.69) is 9.97 Å². The van der Waals surface area contributed by atoms with Gasteiger partial charge in [0.05, 0.1) is 12.7 Å². The van der Waals surface area contributed by atoms with Crippen LogP contribution in [0.5, 0.6) is 0 Å². The number of fused-ring (bicyclic) bond motifs is 1. The van der Waals surface area contributed by atoms with Crippen molar-refractivity contribution < 1.29 is 18.7 Å². The molecule has 0 amide bonds. The molecule has 2 N–H and O–H groups in total. The summed E-state index contributed by atoms with van der Waals surface area (Å²) in [5.74, 6) is -1.51. The first-order valence-electron chi connectivity index (χ1n) is 7.92. The van der Waals surface area contributed by atoms with Crippen LogP contribution in [0.2, 0.25) is 0 Å². The third kappa shape index (κ3) is 3.37. The molecular formula is C19H16FN3O3. The van der Waals surface area contributed by atoms with Gasteiger partial charge in [-0.1, -0.05) is 30.3 Å². The standard InChI is InChI=1S/C19H16FN3O3/c1-26-18(25)12-6-3-2-5-11(12)9-10-15(24)17-13-7-4-8-14(20)16(13)22-19(21)23-17/h2-8H,9-10H2,1H3,(H2,21,22,23). The Hall–Kier alpha value is -3.35. The van der Waals surface area contributed by atoms with Crippen LogP contribution < -0.4 is 5.73 Å². The van der Waals surface area contributed by atoms with Gasteiger partial charge in [0.25, 0.3) is 0 Å². The van der Waals surface area contributed by atoms with Crippen LogP contribution >= 0.6 is 0 Å². The summed E-state index contributed by atoms with van der Waals surface area (Å²) in [5, 5.41) is 0.311. The van der Waals surface area contributed by atoms with E-state index in [0.717, 1.165) is 0 Å². The average Bonchev–Trinajstić information content (AvgIpc) is 2.66. The summed E-state index contributed by atoms with van der Waals surface area (Å²) in [6.45, 7) is 0. The Kier molecular flexibility index (Phi) is 4.88. The SMILES string of the molecule is COC(=O)c1ccccc1CCC(=O)c1nc(N)nc2c(F)cccc12. The number of esters is 1. The number of nitrogen functional groups attached to an aromatic ring is 1. The molecule has 0 saturated heterocycles. The second-order valence-electron chi connectivity index (χ2n) is 5.64. The number of aromatic nitrogens is 2. The van der Waals surface area contributed by atoms with Gasteiger partial charge >= 0.3 is 5.97 Å². The first-order valence-corrected chi connectivity index (χ1v) is 7.92. The molecule has 0 aliphatic rings. The number of hydrogen-bond donors (Lipinski definition) is 1. The predicted octanol–water partition coefficient (Wildman–Crippen LogP) is 2.95. The second-order valence-corrected chi connectivity index (χ2v) is 5.64. The van der Waals surface area contributed by atoms with E-state index in [4.69, 9.17) is 10.5 Å². The molecule has 7 heteroatoms. The number of carbonyl (C=O) groups is 2. The quantitative estimate of drug-likeness (QED) is 0.560. The summed E-state index contributed by atoms with van der Waals surface area (Å²) in [6.07, 6.45) is 0.390. The van der Waals surface area contributed by atoms with Crippen LogP contribution in [0, 0.1) is 5.82 Å². The number of ketones is 1. The number of Topliss-reactive ketones (excluding diaryl/α,β-unsaturated/α-hetero) is 1. The van der Waals surface area contributed by atoms with Crippen molar-refractivity contribution in [2.45, 2.75) is 12.8 Å². The first kappa shape index (κ1) is 17.5. The molecule has 0 aliphatic carbocycles. The van der Waals surface area contributed by atoms with Crippen molar-refractivity contribution >= 4 is 28.6 Å². The molecule has 0 saturated carbocycles. The molecule has 3 aromatic rings. The predicted molar refractivity (Wildman–Crippen MR) is 94.3 cm³/mol. The molecular weight excluding hydrogens is 337 g/mol. The van der Waals surface area contributed by atoms with Crippen molar-refractivity contribution in [3.63, 3.8) is 0 Å². The number of nitrogens with two attached hydrogens (primary N) is 1. The number of aryl methyl sites for hydroxylation is 1. The maximum Gasteiger partial charge on any atom is 0.338 e. The van der Waals surface area contributed by atoms with Gasteiger partial charge in [0.15, 0.2) is 5.78 Å². The summed E-state index contributed by atoms with van der Waals surface area (Å²) in [5.41, 5.74) is 6.79. The van der Waals surface area contributed by atoms with Crippen LogP contribution in [0.25, 0.3) is 10.9 Å². The molecule has 3 rings (SSSR count). The number of benzene rings is 2. The number of ether oxygens (including phenoxy) is 1. The molecule has 132 valence electrons. The number of nitrogens with zero attached hydrogens (tertiary/aromatic N) is 2. The van der Waals surface area contributed by atoms with E-state index in [1.165, 1.54) is 19.2 Å². The van der Waals surface area contributed by atoms with E-state index in [1.807, 2.05) is 0 Å². The fraction of sp³-hybridized carbons (Fsp3) is 0.158. The summed E-state index contributed by atoms with van der Waals surface area (Å²) in [6, 6.07) is 11.2. The Morgan fingerprint density at radius 3 is 2.65 bits per heavy atom. The minimum absolute atomic E-state index is 0.0123. The zero-order valence-corrected chi connectivity index (χ0v) is 14.0. The highest BCUT2D eigenvalue weighted by Crippen LogP contribution is 2.22. The van der Waals surface area contributed by atoms with Crippen LogP contribution in [0.4, 0.5) is 10.3 Å². The Morgan fingerprint density at radius 1 is 1.12 bits per heavy atom. The summed E-state index contributed by atoms with van der Waals surface area (Å²) >= 11 is 0. The molecule has 26 heavy (non-hydrogen) atoms. The zero-order chi connectivity index (χ0) is 18.7. The monoisotopic (exact) mass is 353 g/mol. The Bertz CT molecular complexity index is 1000. The molecule has 0 spiro atoms. The summed E-state index contributed by atoms with van der Waals surface area (Å²) in [7, 11) is 1.30. The maximum atomic E-state index is 13.9. The number of rotatable bonds is 5. The molecule has 0 bridgehead atoms. The number of halogens is 1.